The van der Waals surface area contributed by atoms with Crippen molar-refractivity contribution in [3.05, 3.63) is 154 Å². The summed E-state index contributed by atoms with van der Waals surface area (Å²) < 4.78 is 15.6. The number of rotatable bonds is 9. The van der Waals surface area contributed by atoms with Crippen LogP contribution in [0.1, 0.15) is 36.6 Å². The first kappa shape index (κ1) is 31.7. The van der Waals surface area contributed by atoms with Crippen molar-refractivity contribution in [1.29, 1.82) is 0 Å². The zero-order chi connectivity index (χ0) is 32.2. The van der Waals surface area contributed by atoms with Gasteiger partial charge in [0.2, 0.25) is 0 Å². The van der Waals surface area contributed by atoms with Gasteiger partial charge in [-0.25, -0.2) is 4.99 Å². The monoisotopic (exact) mass is 757 g/mol. The van der Waals surface area contributed by atoms with Crippen molar-refractivity contribution in [3.63, 3.8) is 0 Å². The zero-order valence-electron chi connectivity index (χ0n) is 25.0. The summed E-state index contributed by atoms with van der Waals surface area (Å²) in [6, 6.07) is 29.7. The summed E-state index contributed by atoms with van der Waals surface area (Å²) in [7, 11) is 0. The summed E-state index contributed by atoms with van der Waals surface area (Å²) >= 11 is 8.37. The van der Waals surface area contributed by atoms with E-state index >= 15 is 0 Å². The standard InChI is InChI=1S/C36H29Br2N3O4S/c1-3-44-28-16-12-25(13-17-28)33-32(34(42)40-27-7-5-4-6-8-27)22(2)39-36-41(33)35(43)31(46-36)20-24-11-18-30(29(38)19-24)45-21-23-9-14-26(37)15-10-23/h4-20,33H,3,21H2,1-2H3,(H,40,42)/b31-20-/t33-/m0/s1. The number of amides is 1. The first-order valence-electron chi connectivity index (χ1n) is 14.6. The van der Waals surface area contributed by atoms with Crippen LogP contribution < -0.4 is 29.7 Å². The van der Waals surface area contributed by atoms with Gasteiger partial charge < -0.3 is 14.8 Å². The van der Waals surface area contributed by atoms with Crippen LogP contribution in [0.4, 0.5) is 5.69 Å². The lowest BCUT2D eigenvalue weighted by Crippen LogP contribution is -2.40. The molecule has 7 nitrogen and oxygen atoms in total. The molecule has 46 heavy (non-hydrogen) atoms. The van der Waals surface area contributed by atoms with Gasteiger partial charge in [0.25, 0.3) is 11.5 Å². The molecule has 1 aliphatic rings. The third-order valence-corrected chi connectivity index (χ3v) is 9.50. The molecule has 0 bridgehead atoms. The summed E-state index contributed by atoms with van der Waals surface area (Å²) in [4.78, 5) is 33.2. The summed E-state index contributed by atoms with van der Waals surface area (Å²) in [5.41, 5.74) is 4.03. The molecule has 4 aromatic carbocycles. The highest BCUT2D eigenvalue weighted by Crippen LogP contribution is 2.32. The number of nitrogens with zero attached hydrogens (tertiary/aromatic N) is 2. The number of fused-ring (bicyclic) bond motifs is 1. The summed E-state index contributed by atoms with van der Waals surface area (Å²) in [6.07, 6.45) is 1.84. The van der Waals surface area contributed by atoms with Gasteiger partial charge in [0.1, 0.15) is 18.1 Å². The Hall–Kier alpha value is -4.25. The molecule has 0 saturated carbocycles. The number of halogens is 2. The van der Waals surface area contributed by atoms with E-state index in [0.717, 1.165) is 25.6 Å². The van der Waals surface area contributed by atoms with Crippen molar-refractivity contribution in [2.24, 2.45) is 4.99 Å². The van der Waals surface area contributed by atoms with Gasteiger partial charge >= 0.3 is 0 Å². The van der Waals surface area contributed by atoms with Gasteiger partial charge in [-0.3, -0.25) is 14.2 Å². The third-order valence-electron chi connectivity index (χ3n) is 7.37. The highest BCUT2D eigenvalue weighted by molar-refractivity contribution is 9.10. The molecule has 0 saturated heterocycles. The van der Waals surface area contributed by atoms with Crippen LogP contribution in [0.2, 0.25) is 0 Å². The molecule has 1 aliphatic heterocycles. The number of hydrogen-bond acceptors (Lipinski definition) is 6. The molecule has 1 N–H and O–H groups in total. The molecular weight excluding hydrogens is 730 g/mol. The molecule has 0 radical (unpaired) electrons. The van der Waals surface area contributed by atoms with E-state index < -0.39 is 6.04 Å². The number of carbonyl (C=O) groups is 1. The van der Waals surface area contributed by atoms with E-state index in [1.165, 1.54) is 11.3 Å². The Morgan fingerprint density at radius 3 is 2.41 bits per heavy atom. The number of hydrogen-bond donors (Lipinski definition) is 1. The van der Waals surface area contributed by atoms with Crippen LogP contribution in [0.3, 0.4) is 0 Å². The second-order valence-corrected chi connectivity index (χ2v) is 13.3. The van der Waals surface area contributed by atoms with Crippen LogP contribution in [-0.2, 0) is 11.4 Å². The van der Waals surface area contributed by atoms with Crippen molar-refractivity contribution in [3.8, 4) is 11.5 Å². The zero-order valence-corrected chi connectivity index (χ0v) is 29.0. The molecule has 232 valence electrons. The second-order valence-electron chi connectivity index (χ2n) is 10.5. The van der Waals surface area contributed by atoms with E-state index in [9.17, 15) is 9.59 Å². The fourth-order valence-corrected chi connectivity index (χ4v) is 7.00. The van der Waals surface area contributed by atoms with Crippen molar-refractivity contribution < 1.29 is 14.3 Å². The van der Waals surface area contributed by atoms with Crippen molar-refractivity contribution in [2.45, 2.75) is 26.5 Å². The molecule has 5 aromatic rings. The molecule has 0 aliphatic carbocycles. The van der Waals surface area contributed by atoms with Crippen molar-refractivity contribution in [2.75, 3.05) is 11.9 Å². The summed E-state index contributed by atoms with van der Waals surface area (Å²) in [6.45, 7) is 4.69. The third kappa shape index (κ3) is 6.94. The van der Waals surface area contributed by atoms with Gasteiger partial charge in [-0.1, -0.05) is 75.8 Å². The number of allylic oxidation sites excluding steroid dienone is 1. The van der Waals surface area contributed by atoms with Gasteiger partial charge in [-0.15, -0.1) is 0 Å². The summed E-state index contributed by atoms with van der Waals surface area (Å²) in [5.74, 6) is 1.09. The van der Waals surface area contributed by atoms with Gasteiger partial charge in [0.05, 0.1) is 32.9 Å². The molecule has 2 heterocycles. The summed E-state index contributed by atoms with van der Waals surface area (Å²) in [5, 5.41) is 2.98. The van der Waals surface area contributed by atoms with Gasteiger partial charge in [-0.2, -0.15) is 0 Å². The Kier molecular flexibility index (Phi) is 9.67. The first-order valence-corrected chi connectivity index (χ1v) is 17.0. The first-order chi connectivity index (χ1) is 22.3. The molecule has 0 unspecified atom stereocenters. The minimum absolute atomic E-state index is 0.230. The van der Waals surface area contributed by atoms with Crippen LogP contribution in [-0.4, -0.2) is 17.1 Å². The van der Waals surface area contributed by atoms with Crippen LogP contribution in [0.15, 0.2) is 127 Å². The van der Waals surface area contributed by atoms with Crippen molar-refractivity contribution >= 4 is 60.9 Å². The second kappa shape index (κ2) is 14.0. The number of nitrogens with one attached hydrogen (secondary N) is 1. The maximum atomic E-state index is 14.1. The number of aromatic nitrogens is 1. The van der Waals surface area contributed by atoms with Crippen molar-refractivity contribution in [1.82, 2.24) is 4.57 Å². The van der Waals surface area contributed by atoms with Crippen LogP contribution >= 0.6 is 43.2 Å². The Balaban J connectivity index is 1.36. The fraction of sp³-hybridized carbons (Fsp3) is 0.139. The molecule has 0 fully saturated rings. The molecule has 1 amide bonds. The van der Waals surface area contributed by atoms with E-state index in [1.54, 1.807) is 4.57 Å². The Bertz CT molecular complexity index is 2110. The number of anilines is 1. The fourth-order valence-electron chi connectivity index (χ4n) is 5.18. The normalized spacial score (nSPS) is 14.4. The topological polar surface area (TPSA) is 81.9 Å². The maximum Gasteiger partial charge on any atom is 0.271 e. The van der Waals surface area contributed by atoms with Gasteiger partial charge in [0, 0.05) is 10.2 Å². The Morgan fingerprint density at radius 2 is 1.72 bits per heavy atom. The lowest BCUT2D eigenvalue weighted by Gasteiger charge is -2.25. The largest absolute Gasteiger partial charge is 0.494 e. The molecular formula is C36H29Br2N3O4S. The van der Waals surface area contributed by atoms with E-state index in [2.05, 4.69) is 37.2 Å². The number of carbonyl (C=O) groups excluding carboxylic acids is 1. The molecule has 0 spiro atoms. The lowest BCUT2D eigenvalue weighted by atomic mass is 9.95. The number of para-hydroxylation sites is 1. The molecule has 1 aromatic heterocycles. The van der Waals surface area contributed by atoms with E-state index in [4.69, 9.17) is 14.5 Å². The van der Waals surface area contributed by atoms with Crippen LogP contribution in [0, 0.1) is 0 Å². The minimum atomic E-state index is -0.682. The van der Waals surface area contributed by atoms with Crippen LogP contribution in [0.5, 0.6) is 11.5 Å². The van der Waals surface area contributed by atoms with Gasteiger partial charge in [0.15, 0.2) is 4.80 Å². The van der Waals surface area contributed by atoms with E-state index in [1.807, 2.05) is 117 Å². The predicted molar refractivity (Wildman–Crippen MR) is 189 cm³/mol. The highest BCUT2D eigenvalue weighted by Gasteiger charge is 2.32. The minimum Gasteiger partial charge on any atom is -0.494 e. The van der Waals surface area contributed by atoms with Gasteiger partial charge in [-0.05, 0) is 101 Å². The quantitative estimate of drug-likeness (QED) is 0.170. The number of thiazole rings is 1. The van der Waals surface area contributed by atoms with Crippen LogP contribution in [0.25, 0.3) is 6.08 Å². The Labute approximate surface area is 286 Å². The smallest absolute Gasteiger partial charge is 0.271 e. The predicted octanol–water partition coefficient (Wildman–Crippen LogP) is 7.38. The van der Waals surface area contributed by atoms with E-state index in [0.29, 0.717) is 51.0 Å². The molecule has 1 atom stereocenters. The number of benzene rings is 4. The molecule has 6 rings (SSSR count). The average Bonchev–Trinajstić information content (AvgIpc) is 3.35. The lowest BCUT2D eigenvalue weighted by molar-refractivity contribution is -0.113. The average molecular weight is 760 g/mol. The maximum absolute atomic E-state index is 14.1. The number of ether oxygens (including phenoxy) is 2. The SMILES string of the molecule is CCOc1ccc([C@H]2C(C(=O)Nc3ccccc3)=C(C)N=c3s/c(=C\c4ccc(OCc5ccc(Br)cc5)c(Br)c4)c(=O)n32)cc1. The van der Waals surface area contributed by atoms with E-state index in [-0.39, 0.29) is 11.5 Å². The highest BCUT2D eigenvalue weighted by atomic mass is 79.9. The Morgan fingerprint density at radius 1 is 0.978 bits per heavy atom. The molecule has 10 heteroatoms.